The summed E-state index contributed by atoms with van der Waals surface area (Å²) < 4.78 is 0. The van der Waals surface area contributed by atoms with E-state index in [4.69, 9.17) is 11.6 Å². The third-order valence-corrected chi connectivity index (χ3v) is 2.53. The highest BCUT2D eigenvalue weighted by molar-refractivity contribution is 6.20. The van der Waals surface area contributed by atoms with Crippen LogP contribution in [-0.4, -0.2) is 22.8 Å². The van der Waals surface area contributed by atoms with Gasteiger partial charge in [-0.1, -0.05) is 0 Å². The van der Waals surface area contributed by atoms with Crippen molar-refractivity contribution < 1.29 is 4.79 Å². The van der Waals surface area contributed by atoms with E-state index in [-0.39, 0.29) is 11.3 Å². The molecule has 0 aliphatic rings. The molecule has 88 valence electrons. The van der Waals surface area contributed by atoms with Crippen molar-refractivity contribution in [2.24, 2.45) is 0 Å². The molecule has 4 heteroatoms. The van der Waals surface area contributed by atoms with E-state index in [1.54, 1.807) is 18.3 Å². The van der Waals surface area contributed by atoms with Crippen LogP contribution >= 0.6 is 11.6 Å². The molecule has 0 aromatic carbocycles. The number of aryl methyl sites for hydroxylation is 1. The highest BCUT2D eigenvalue weighted by Gasteiger charge is 2.07. The first kappa shape index (κ1) is 13.0. The summed E-state index contributed by atoms with van der Waals surface area (Å²) in [6.45, 7) is 4.44. The summed E-state index contributed by atoms with van der Waals surface area (Å²) in [4.78, 5) is 15.8. The van der Waals surface area contributed by atoms with Gasteiger partial charge in [-0.15, -0.1) is 11.6 Å². The van der Waals surface area contributed by atoms with E-state index in [0.29, 0.717) is 12.1 Å². The van der Waals surface area contributed by atoms with Gasteiger partial charge in [0.15, 0.2) is 0 Å². The number of nitrogens with one attached hydrogen (secondary N) is 1. The van der Waals surface area contributed by atoms with Crippen LogP contribution in [0.1, 0.15) is 35.8 Å². The summed E-state index contributed by atoms with van der Waals surface area (Å²) in [5.74, 6) is -0.0622. The van der Waals surface area contributed by atoms with E-state index < -0.39 is 0 Å². The third kappa shape index (κ3) is 4.19. The number of amides is 1. The smallest absolute Gasteiger partial charge is 0.253 e. The summed E-state index contributed by atoms with van der Waals surface area (Å²) in [5, 5.41) is 3.02. The predicted octanol–water partition coefficient (Wildman–Crippen LogP) is 2.53. The number of pyridine rings is 1. The Morgan fingerprint density at radius 3 is 3.00 bits per heavy atom. The first-order valence-electron chi connectivity index (χ1n) is 5.45. The summed E-state index contributed by atoms with van der Waals surface area (Å²) in [7, 11) is 0. The average molecular weight is 241 g/mol. The molecule has 1 heterocycles. The van der Waals surface area contributed by atoms with Crippen molar-refractivity contribution in [3.63, 3.8) is 0 Å². The minimum atomic E-state index is -0.0622. The zero-order valence-electron chi connectivity index (χ0n) is 9.66. The molecule has 0 saturated heterocycles. The molecule has 0 spiro atoms. The predicted molar refractivity (Wildman–Crippen MR) is 65.9 cm³/mol. The second kappa shape index (κ2) is 6.48. The molecule has 1 aromatic rings. The number of hydrogen-bond acceptors (Lipinski definition) is 2. The van der Waals surface area contributed by atoms with Crippen LogP contribution in [0.25, 0.3) is 0 Å². The Kier molecular flexibility index (Phi) is 5.26. The van der Waals surface area contributed by atoms with Crippen molar-refractivity contribution in [2.75, 3.05) is 6.54 Å². The molecule has 1 amide bonds. The van der Waals surface area contributed by atoms with Gasteiger partial charge < -0.3 is 5.32 Å². The van der Waals surface area contributed by atoms with E-state index in [0.717, 1.165) is 18.5 Å². The molecule has 0 saturated carbocycles. The number of rotatable bonds is 5. The molecular weight excluding hydrogens is 224 g/mol. The molecule has 0 aliphatic heterocycles. The van der Waals surface area contributed by atoms with Crippen molar-refractivity contribution >= 4 is 17.5 Å². The Labute approximate surface area is 101 Å². The summed E-state index contributed by atoms with van der Waals surface area (Å²) in [6.07, 6.45) is 3.49. The van der Waals surface area contributed by atoms with E-state index in [1.165, 1.54) is 0 Å². The van der Waals surface area contributed by atoms with Crippen LogP contribution < -0.4 is 5.32 Å². The Hall–Kier alpha value is -1.09. The molecule has 1 atom stereocenters. The van der Waals surface area contributed by atoms with Crippen LogP contribution in [0.15, 0.2) is 18.3 Å². The van der Waals surface area contributed by atoms with Crippen molar-refractivity contribution in [1.82, 2.24) is 10.3 Å². The molecule has 16 heavy (non-hydrogen) atoms. The van der Waals surface area contributed by atoms with Crippen LogP contribution in [-0.2, 0) is 0 Å². The summed E-state index contributed by atoms with van der Waals surface area (Å²) >= 11 is 5.81. The highest BCUT2D eigenvalue weighted by atomic mass is 35.5. The molecular formula is C12H17ClN2O. The molecule has 0 fully saturated rings. The number of carbonyl (C=O) groups is 1. The van der Waals surface area contributed by atoms with Gasteiger partial charge in [0.25, 0.3) is 5.91 Å². The molecule has 1 unspecified atom stereocenters. The first-order chi connectivity index (χ1) is 7.61. The van der Waals surface area contributed by atoms with Crippen LogP contribution in [0.4, 0.5) is 0 Å². The fraction of sp³-hybridized carbons (Fsp3) is 0.500. The lowest BCUT2D eigenvalue weighted by Crippen LogP contribution is -2.25. The minimum absolute atomic E-state index is 0.0622. The quantitative estimate of drug-likeness (QED) is 0.635. The van der Waals surface area contributed by atoms with Crippen LogP contribution in [0.3, 0.4) is 0 Å². The number of halogens is 1. The van der Waals surface area contributed by atoms with Crippen LogP contribution in [0.2, 0.25) is 0 Å². The SMILES string of the molecule is Cc1ncccc1C(=O)NCCCC(C)Cl. The first-order valence-corrected chi connectivity index (χ1v) is 5.89. The monoisotopic (exact) mass is 240 g/mol. The minimum Gasteiger partial charge on any atom is -0.352 e. The summed E-state index contributed by atoms with van der Waals surface area (Å²) in [5.41, 5.74) is 1.40. The van der Waals surface area contributed by atoms with Gasteiger partial charge in [0, 0.05) is 23.8 Å². The maximum atomic E-state index is 11.7. The number of carbonyl (C=O) groups excluding carboxylic acids is 1. The van der Waals surface area contributed by atoms with Gasteiger partial charge in [0.1, 0.15) is 0 Å². The van der Waals surface area contributed by atoms with Crippen molar-refractivity contribution in [2.45, 2.75) is 32.1 Å². The van der Waals surface area contributed by atoms with Crippen molar-refractivity contribution in [3.05, 3.63) is 29.6 Å². The van der Waals surface area contributed by atoms with Gasteiger partial charge >= 0.3 is 0 Å². The Bertz CT molecular complexity index is 353. The lowest BCUT2D eigenvalue weighted by atomic mass is 10.2. The molecule has 0 radical (unpaired) electrons. The van der Waals surface area contributed by atoms with Gasteiger partial charge in [-0.05, 0) is 38.8 Å². The van der Waals surface area contributed by atoms with E-state index in [2.05, 4.69) is 10.3 Å². The lowest BCUT2D eigenvalue weighted by molar-refractivity contribution is 0.0952. The molecule has 1 N–H and O–H groups in total. The zero-order chi connectivity index (χ0) is 12.0. The standard InChI is InChI=1S/C12H17ClN2O/c1-9(13)5-3-8-15-12(16)11-6-4-7-14-10(11)2/h4,6-7,9H,3,5,8H2,1-2H3,(H,15,16). The number of aromatic nitrogens is 1. The zero-order valence-corrected chi connectivity index (χ0v) is 10.4. The largest absolute Gasteiger partial charge is 0.352 e. The van der Waals surface area contributed by atoms with Gasteiger partial charge in [0.05, 0.1) is 5.56 Å². The molecule has 0 bridgehead atoms. The third-order valence-electron chi connectivity index (χ3n) is 2.32. The maximum Gasteiger partial charge on any atom is 0.253 e. The van der Waals surface area contributed by atoms with Gasteiger partial charge in [0.2, 0.25) is 0 Å². The fourth-order valence-corrected chi connectivity index (χ4v) is 1.56. The normalized spacial score (nSPS) is 12.2. The lowest BCUT2D eigenvalue weighted by Gasteiger charge is -2.07. The van der Waals surface area contributed by atoms with Gasteiger partial charge in [-0.2, -0.15) is 0 Å². The van der Waals surface area contributed by atoms with Crippen LogP contribution in [0.5, 0.6) is 0 Å². The van der Waals surface area contributed by atoms with Crippen molar-refractivity contribution in [1.29, 1.82) is 0 Å². The van der Waals surface area contributed by atoms with E-state index >= 15 is 0 Å². The summed E-state index contributed by atoms with van der Waals surface area (Å²) in [6, 6.07) is 3.55. The molecule has 1 rings (SSSR count). The number of alkyl halides is 1. The maximum absolute atomic E-state index is 11.7. The number of nitrogens with zero attached hydrogens (tertiary/aromatic N) is 1. The second-order valence-corrected chi connectivity index (χ2v) is 4.56. The van der Waals surface area contributed by atoms with E-state index in [9.17, 15) is 4.79 Å². The van der Waals surface area contributed by atoms with E-state index in [1.807, 2.05) is 13.8 Å². The molecule has 0 aliphatic carbocycles. The molecule has 3 nitrogen and oxygen atoms in total. The Morgan fingerprint density at radius 2 is 2.38 bits per heavy atom. The average Bonchev–Trinajstić information content (AvgIpc) is 2.24. The topological polar surface area (TPSA) is 42.0 Å². The highest BCUT2D eigenvalue weighted by Crippen LogP contribution is 2.05. The molecule has 1 aromatic heterocycles. The Balaban J connectivity index is 2.39. The van der Waals surface area contributed by atoms with Crippen molar-refractivity contribution in [3.8, 4) is 0 Å². The van der Waals surface area contributed by atoms with Gasteiger partial charge in [-0.25, -0.2) is 0 Å². The Morgan fingerprint density at radius 1 is 1.62 bits per heavy atom. The second-order valence-electron chi connectivity index (χ2n) is 3.82. The fourth-order valence-electron chi connectivity index (χ4n) is 1.40. The van der Waals surface area contributed by atoms with Crippen LogP contribution in [0, 0.1) is 6.92 Å². The van der Waals surface area contributed by atoms with Gasteiger partial charge in [-0.3, -0.25) is 9.78 Å². The number of hydrogen-bond donors (Lipinski definition) is 1.